The summed E-state index contributed by atoms with van der Waals surface area (Å²) >= 11 is 3.51. The van der Waals surface area contributed by atoms with Crippen LogP contribution in [0.5, 0.6) is 5.75 Å². The number of carbonyl (C=O) groups is 1. The summed E-state index contributed by atoms with van der Waals surface area (Å²) in [6, 6.07) is 9.95. The van der Waals surface area contributed by atoms with Crippen molar-refractivity contribution in [3.05, 3.63) is 51.5 Å². The Hall–Kier alpha value is -2.01. The van der Waals surface area contributed by atoms with Crippen molar-refractivity contribution in [3.8, 4) is 5.75 Å². The molecule has 1 aliphatic rings. The molecule has 0 bridgehead atoms. The molecule has 0 aromatic heterocycles. The first-order chi connectivity index (χ1) is 11.9. The first-order valence-electron chi connectivity index (χ1n) is 8.47. The highest BCUT2D eigenvalue weighted by Crippen LogP contribution is 2.36. The molecule has 2 aromatic rings. The minimum Gasteiger partial charge on any atom is -0.497 e. The van der Waals surface area contributed by atoms with E-state index in [0.717, 1.165) is 22.3 Å². The number of ether oxygens (including phenoxy) is 1. The second-order valence-electron chi connectivity index (χ2n) is 6.46. The summed E-state index contributed by atoms with van der Waals surface area (Å²) in [5.74, 6) is 0.657. The van der Waals surface area contributed by atoms with Crippen LogP contribution in [-0.2, 0) is 0 Å². The highest BCUT2D eigenvalue weighted by Gasteiger charge is 2.29. The zero-order valence-electron chi connectivity index (χ0n) is 15.0. The number of methoxy groups -OCH3 is 1. The molecule has 1 amide bonds. The molecule has 1 N–H and O–H groups in total. The molecule has 0 saturated heterocycles. The van der Waals surface area contributed by atoms with E-state index in [-0.39, 0.29) is 11.9 Å². The number of benzene rings is 2. The maximum absolute atomic E-state index is 13.3. The van der Waals surface area contributed by atoms with Crippen molar-refractivity contribution in [3.63, 3.8) is 0 Å². The normalized spacial score (nSPS) is 16.2. The van der Waals surface area contributed by atoms with Gasteiger partial charge < -0.3 is 15.0 Å². The highest BCUT2D eigenvalue weighted by molar-refractivity contribution is 9.10. The number of hydrogen-bond acceptors (Lipinski definition) is 3. The summed E-state index contributed by atoms with van der Waals surface area (Å²) in [5.41, 5.74) is 4.97. The van der Waals surface area contributed by atoms with Crippen molar-refractivity contribution in [2.45, 2.75) is 33.2 Å². The molecular formula is C20H23BrN2O2. The van der Waals surface area contributed by atoms with Crippen LogP contribution in [0.4, 0.5) is 11.4 Å². The zero-order valence-corrected chi connectivity index (χ0v) is 16.6. The van der Waals surface area contributed by atoms with E-state index in [9.17, 15) is 4.79 Å². The van der Waals surface area contributed by atoms with Crippen LogP contribution in [0, 0.1) is 13.8 Å². The molecule has 2 aromatic carbocycles. The number of halogens is 1. The number of nitrogens with zero attached hydrogens (tertiary/aromatic N) is 1. The molecule has 25 heavy (non-hydrogen) atoms. The molecule has 0 saturated carbocycles. The third-order valence-corrected chi connectivity index (χ3v) is 5.50. The quantitative estimate of drug-likeness (QED) is 0.791. The average molecular weight is 403 g/mol. The van der Waals surface area contributed by atoms with Crippen molar-refractivity contribution in [2.24, 2.45) is 0 Å². The second kappa shape index (κ2) is 7.08. The van der Waals surface area contributed by atoms with E-state index in [0.29, 0.717) is 17.9 Å². The molecule has 0 aliphatic carbocycles. The lowest BCUT2D eigenvalue weighted by Gasteiger charge is -2.36. The van der Waals surface area contributed by atoms with Crippen molar-refractivity contribution in [1.29, 1.82) is 0 Å². The molecule has 1 heterocycles. The number of carbonyl (C=O) groups excluding carboxylic acids is 1. The van der Waals surface area contributed by atoms with Gasteiger partial charge in [-0.25, -0.2) is 0 Å². The fourth-order valence-corrected chi connectivity index (χ4v) is 3.50. The first kappa shape index (κ1) is 17.8. The Balaban J connectivity index is 2.07. The standard InChI is InChI=1S/C20H23BrN2O2/c1-5-14-11-23(19-9-13(3)12(2)8-18(19)22-14)20(24)16-10-15(25-4)6-7-17(16)21/h6-10,14,22H,5,11H2,1-4H3. The number of aryl methyl sites for hydroxylation is 2. The summed E-state index contributed by atoms with van der Waals surface area (Å²) in [4.78, 5) is 15.2. The van der Waals surface area contributed by atoms with Crippen LogP contribution in [0.1, 0.15) is 34.8 Å². The molecule has 3 rings (SSSR count). The van der Waals surface area contributed by atoms with Gasteiger partial charge in [0.25, 0.3) is 5.91 Å². The van der Waals surface area contributed by atoms with E-state index in [1.165, 1.54) is 11.1 Å². The number of anilines is 2. The predicted molar refractivity (Wildman–Crippen MR) is 106 cm³/mol. The Bertz CT molecular complexity index is 820. The van der Waals surface area contributed by atoms with E-state index in [4.69, 9.17) is 4.74 Å². The van der Waals surface area contributed by atoms with Crippen LogP contribution in [-0.4, -0.2) is 25.6 Å². The SMILES string of the molecule is CCC1CN(C(=O)c2cc(OC)ccc2Br)c2cc(C)c(C)cc2N1. The lowest BCUT2D eigenvalue weighted by atomic mass is 10.0. The lowest BCUT2D eigenvalue weighted by Crippen LogP contribution is -2.44. The van der Waals surface area contributed by atoms with Crippen LogP contribution in [0.15, 0.2) is 34.8 Å². The topological polar surface area (TPSA) is 41.6 Å². The second-order valence-corrected chi connectivity index (χ2v) is 7.32. The molecule has 1 unspecified atom stereocenters. The van der Waals surface area contributed by atoms with Crippen molar-refractivity contribution >= 4 is 33.2 Å². The monoisotopic (exact) mass is 402 g/mol. The summed E-state index contributed by atoms with van der Waals surface area (Å²) in [6.07, 6.45) is 0.954. The molecule has 4 nitrogen and oxygen atoms in total. The van der Waals surface area contributed by atoms with E-state index in [1.54, 1.807) is 13.2 Å². The van der Waals surface area contributed by atoms with E-state index in [2.05, 4.69) is 54.2 Å². The molecular weight excluding hydrogens is 380 g/mol. The fourth-order valence-electron chi connectivity index (χ4n) is 3.09. The highest BCUT2D eigenvalue weighted by atomic mass is 79.9. The van der Waals surface area contributed by atoms with E-state index in [1.807, 2.05) is 17.0 Å². The summed E-state index contributed by atoms with van der Waals surface area (Å²) in [6.45, 7) is 6.95. The minimum atomic E-state index is -0.0183. The zero-order chi connectivity index (χ0) is 18.1. The average Bonchev–Trinajstić information content (AvgIpc) is 2.61. The van der Waals surface area contributed by atoms with Gasteiger partial charge in [-0.3, -0.25) is 4.79 Å². The van der Waals surface area contributed by atoms with Gasteiger partial charge >= 0.3 is 0 Å². The van der Waals surface area contributed by atoms with Gasteiger partial charge in [0.1, 0.15) is 5.75 Å². The van der Waals surface area contributed by atoms with E-state index < -0.39 is 0 Å². The minimum absolute atomic E-state index is 0.0183. The number of hydrogen-bond donors (Lipinski definition) is 1. The van der Waals surface area contributed by atoms with Crippen LogP contribution in [0.3, 0.4) is 0 Å². The Morgan fingerprint density at radius 2 is 2.00 bits per heavy atom. The third-order valence-electron chi connectivity index (χ3n) is 4.81. The molecule has 1 atom stereocenters. The summed E-state index contributed by atoms with van der Waals surface area (Å²) < 4.78 is 6.06. The summed E-state index contributed by atoms with van der Waals surface area (Å²) in [7, 11) is 1.61. The molecule has 0 spiro atoms. The Morgan fingerprint density at radius 1 is 1.28 bits per heavy atom. The molecule has 0 fully saturated rings. The molecule has 1 aliphatic heterocycles. The van der Waals surface area contributed by atoms with Crippen LogP contribution >= 0.6 is 15.9 Å². The van der Waals surface area contributed by atoms with Gasteiger partial charge in [0.15, 0.2) is 0 Å². The molecule has 132 valence electrons. The Labute approximate surface area is 157 Å². The maximum Gasteiger partial charge on any atom is 0.259 e. The van der Waals surface area contributed by atoms with Gasteiger partial charge in [-0.05, 0) is 77.7 Å². The van der Waals surface area contributed by atoms with Crippen LogP contribution < -0.4 is 15.0 Å². The van der Waals surface area contributed by atoms with Gasteiger partial charge in [-0.2, -0.15) is 0 Å². The number of fused-ring (bicyclic) bond motifs is 1. The van der Waals surface area contributed by atoms with E-state index >= 15 is 0 Å². The van der Waals surface area contributed by atoms with Gasteiger partial charge in [-0.1, -0.05) is 6.92 Å². The van der Waals surface area contributed by atoms with Gasteiger partial charge in [0.05, 0.1) is 24.0 Å². The van der Waals surface area contributed by atoms with Crippen molar-refractivity contribution < 1.29 is 9.53 Å². The third kappa shape index (κ3) is 3.38. The van der Waals surface area contributed by atoms with Gasteiger partial charge in [-0.15, -0.1) is 0 Å². The Kier molecular flexibility index (Phi) is 5.04. The lowest BCUT2D eigenvalue weighted by molar-refractivity contribution is 0.0983. The predicted octanol–water partition coefficient (Wildman–Crippen LogP) is 4.93. The number of rotatable bonds is 3. The maximum atomic E-state index is 13.3. The number of nitrogens with one attached hydrogen (secondary N) is 1. The van der Waals surface area contributed by atoms with Crippen molar-refractivity contribution in [1.82, 2.24) is 0 Å². The smallest absolute Gasteiger partial charge is 0.259 e. The van der Waals surface area contributed by atoms with Crippen LogP contribution in [0.2, 0.25) is 0 Å². The van der Waals surface area contributed by atoms with Gasteiger partial charge in [0, 0.05) is 17.1 Å². The largest absolute Gasteiger partial charge is 0.497 e. The van der Waals surface area contributed by atoms with Crippen molar-refractivity contribution in [2.75, 3.05) is 23.9 Å². The number of amides is 1. The fraction of sp³-hybridized carbons (Fsp3) is 0.350. The summed E-state index contributed by atoms with van der Waals surface area (Å²) in [5, 5.41) is 3.56. The first-order valence-corrected chi connectivity index (χ1v) is 9.27. The molecule has 0 radical (unpaired) electrons. The van der Waals surface area contributed by atoms with Crippen LogP contribution in [0.25, 0.3) is 0 Å². The molecule has 5 heteroatoms. The Morgan fingerprint density at radius 3 is 2.68 bits per heavy atom. The van der Waals surface area contributed by atoms with Gasteiger partial charge in [0.2, 0.25) is 0 Å².